The van der Waals surface area contributed by atoms with Crippen LogP contribution in [0.2, 0.25) is 5.02 Å². The Labute approximate surface area is 175 Å². The summed E-state index contributed by atoms with van der Waals surface area (Å²) in [6, 6.07) is 5.41. The number of aryl methyl sites for hydroxylation is 1. The zero-order chi connectivity index (χ0) is 22.2. The van der Waals surface area contributed by atoms with Gasteiger partial charge in [-0.3, -0.25) is 19.6 Å². The van der Waals surface area contributed by atoms with Crippen LogP contribution < -0.4 is 11.1 Å². The second kappa shape index (κ2) is 7.75. The molecule has 11 nitrogen and oxygen atoms in total. The molecule has 158 valence electrons. The van der Waals surface area contributed by atoms with Gasteiger partial charge in [-0.05, 0) is 6.07 Å². The molecular formula is C18H19ClN6O5. The highest BCUT2D eigenvalue weighted by Gasteiger charge is 2.21. The summed E-state index contributed by atoms with van der Waals surface area (Å²) in [6.07, 6.45) is 0. The van der Waals surface area contributed by atoms with E-state index < -0.39 is 23.1 Å². The summed E-state index contributed by atoms with van der Waals surface area (Å²) in [5.74, 6) is -1.05. The maximum absolute atomic E-state index is 12.4. The lowest BCUT2D eigenvalue weighted by atomic mass is 9.92. The number of hydrogen-bond donors (Lipinski definition) is 1. The zero-order valence-electron chi connectivity index (χ0n) is 16.7. The van der Waals surface area contributed by atoms with Crippen molar-refractivity contribution in [2.75, 3.05) is 5.32 Å². The van der Waals surface area contributed by atoms with Crippen molar-refractivity contribution in [3.05, 3.63) is 55.6 Å². The molecule has 3 rings (SSSR count). The van der Waals surface area contributed by atoms with Gasteiger partial charge >= 0.3 is 5.76 Å². The van der Waals surface area contributed by atoms with E-state index in [9.17, 15) is 19.7 Å². The Hall–Kier alpha value is -3.47. The number of amides is 1. The molecule has 1 N–H and O–H groups in total. The Bertz CT molecular complexity index is 1190. The fourth-order valence-corrected chi connectivity index (χ4v) is 2.83. The van der Waals surface area contributed by atoms with Crippen LogP contribution in [0.1, 0.15) is 26.5 Å². The molecule has 0 atom stereocenters. The number of benzene rings is 1. The lowest BCUT2D eigenvalue weighted by Gasteiger charge is -2.13. The molecule has 0 aliphatic rings. The molecule has 0 aliphatic heterocycles. The zero-order valence-corrected chi connectivity index (χ0v) is 17.4. The number of halogens is 1. The van der Waals surface area contributed by atoms with Crippen LogP contribution in [0.4, 0.5) is 11.5 Å². The van der Waals surface area contributed by atoms with Crippen molar-refractivity contribution in [1.29, 1.82) is 0 Å². The predicted octanol–water partition coefficient (Wildman–Crippen LogP) is 2.73. The lowest BCUT2D eigenvalue weighted by Crippen LogP contribution is -2.26. The van der Waals surface area contributed by atoms with E-state index in [2.05, 4.69) is 15.5 Å². The number of carbonyl (C=O) groups is 1. The summed E-state index contributed by atoms with van der Waals surface area (Å²) in [5, 5.41) is 21.8. The van der Waals surface area contributed by atoms with Crippen molar-refractivity contribution in [3.8, 4) is 11.5 Å². The normalized spacial score (nSPS) is 11.5. The molecule has 30 heavy (non-hydrogen) atoms. The van der Waals surface area contributed by atoms with Gasteiger partial charge in [-0.25, -0.2) is 4.79 Å². The number of nitrogens with one attached hydrogen (secondary N) is 1. The van der Waals surface area contributed by atoms with Gasteiger partial charge in [0.1, 0.15) is 12.4 Å². The van der Waals surface area contributed by atoms with Gasteiger partial charge in [0, 0.05) is 30.7 Å². The highest BCUT2D eigenvalue weighted by molar-refractivity contribution is 6.33. The van der Waals surface area contributed by atoms with E-state index in [1.54, 1.807) is 13.1 Å². The SMILES string of the molecule is Cn1nc(C(C)(C)C)cc1NC(=O)Cn1nc(-c2ccc([N+](=O)[O-])cc2Cl)oc1=O. The Balaban J connectivity index is 1.78. The number of nitro benzene ring substituents is 1. The minimum atomic E-state index is -0.866. The van der Waals surface area contributed by atoms with Crippen molar-refractivity contribution in [2.45, 2.75) is 32.7 Å². The molecule has 1 amide bonds. The van der Waals surface area contributed by atoms with E-state index in [4.69, 9.17) is 16.0 Å². The third kappa shape index (κ3) is 4.40. The van der Waals surface area contributed by atoms with Crippen molar-refractivity contribution in [1.82, 2.24) is 19.6 Å². The first kappa shape index (κ1) is 21.2. The molecule has 3 aromatic rings. The highest BCUT2D eigenvalue weighted by Crippen LogP contribution is 2.29. The van der Waals surface area contributed by atoms with Crippen molar-refractivity contribution in [2.24, 2.45) is 7.05 Å². The first-order valence-corrected chi connectivity index (χ1v) is 9.20. The van der Waals surface area contributed by atoms with E-state index in [1.807, 2.05) is 20.8 Å². The van der Waals surface area contributed by atoms with Gasteiger partial charge in [0.15, 0.2) is 0 Å². The fraction of sp³-hybridized carbons (Fsp3) is 0.333. The maximum atomic E-state index is 12.4. The molecule has 0 spiro atoms. The van der Waals surface area contributed by atoms with E-state index in [0.29, 0.717) is 5.82 Å². The van der Waals surface area contributed by atoms with Crippen LogP contribution in [0.3, 0.4) is 0 Å². The number of nitro groups is 1. The molecule has 2 heterocycles. The average Bonchev–Trinajstić information content (AvgIpc) is 3.17. The fourth-order valence-electron chi connectivity index (χ4n) is 2.58. The predicted molar refractivity (Wildman–Crippen MR) is 108 cm³/mol. The maximum Gasteiger partial charge on any atom is 0.437 e. The number of rotatable bonds is 5. The number of hydrogen-bond acceptors (Lipinski definition) is 7. The lowest BCUT2D eigenvalue weighted by molar-refractivity contribution is -0.384. The molecule has 0 unspecified atom stereocenters. The third-order valence-corrected chi connectivity index (χ3v) is 4.52. The van der Waals surface area contributed by atoms with Gasteiger partial charge in [0.25, 0.3) is 11.6 Å². The van der Waals surface area contributed by atoms with Gasteiger partial charge in [0.05, 0.1) is 21.2 Å². The third-order valence-electron chi connectivity index (χ3n) is 4.21. The number of nitrogens with zero attached hydrogens (tertiary/aromatic N) is 5. The quantitative estimate of drug-likeness (QED) is 0.481. The Kier molecular flexibility index (Phi) is 5.49. The molecular weight excluding hydrogens is 416 g/mol. The Morgan fingerprint density at radius 1 is 1.30 bits per heavy atom. The molecule has 0 bridgehead atoms. The van der Waals surface area contributed by atoms with Gasteiger partial charge in [-0.1, -0.05) is 32.4 Å². The van der Waals surface area contributed by atoms with Crippen LogP contribution in [-0.4, -0.2) is 30.4 Å². The van der Waals surface area contributed by atoms with Crippen LogP contribution >= 0.6 is 11.6 Å². The molecule has 0 saturated carbocycles. The molecule has 1 aromatic carbocycles. The molecule has 0 saturated heterocycles. The van der Waals surface area contributed by atoms with Crippen LogP contribution in [-0.2, 0) is 23.8 Å². The van der Waals surface area contributed by atoms with Crippen molar-refractivity contribution >= 4 is 29.0 Å². The van der Waals surface area contributed by atoms with E-state index in [0.717, 1.165) is 16.4 Å². The number of anilines is 1. The van der Waals surface area contributed by atoms with Gasteiger partial charge in [-0.15, -0.1) is 5.10 Å². The first-order chi connectivity index (χ1) is 14.0. The number of non-ortho nitro benzene ring substituents is 1. The monoisotopic (exact) mass is 434 g/mol. The molecule has 2 aromatic heterocycles. The second-order valence-electron chi connectivity index (χ2n) is 7.59. The summed E-state index contributed by atoms with van der Waals surface area (Å²) >= 11 is 6.03. The van der Waals surface area contributed by atoms with E-state index in [-0.39, 0.29) is 27.6 Å². The summed E-state index contributed by atoms with van der Waals surface area (Å²) in [5.41, 5.74) is 0.590. The standard InChI is InChI=1S/C18H19ClN6O5/c1-18(2,3)13-8-14(23(4)21-13)20-15(26)9-24-17(27)30-16(22-24)11-6-5-10(25(28)29)7-12(11)19/h5-8H,9H2,1-4H3,(H,20,26). The van der Waals surface area contributed by atoms with Gasteiger partial charge in [0.2, 0.25) is 5.91 Å². The Morgan fingerprint density at radius 2 is 2.00 bits per heavy atom. The summed E-state index contributed by atoms with van der Waals surface area (Å²) < 4.78 is 7.42. The molecule has 12 heteroatoms. The van der Waals surface area contributed by atoms with Crippen molar-refractivity contribution < 1.29 is 14.1 Å². The van der Waals surface area contributed by atoms with Crippen LogP contribution in [0, 0.1) is 10.1 Å². The van der Waals surface area contributed by atoms with E-state index >= 15 is 0 Å². The molecule has 0 fully saturated rings. The number of carbonyl (C=O) groups excluding carboxylic acids is 1. The first-order valence-electron chi connectivity index (χ1n) is 8.82. The number of aromatic nitrogens is 4. The van der Waals surface area contributed by atoms with Crippen LogP contribution in [0.5, 0.6) is 0 Å². The summed E-state index contributed by atoms with van der Waals surface area (Å²) in [4.78, 5) is 34.7. The van der Waals surface area contributed by atoms with Crippen LogP contribution in [0.15, 0.2) is 33.5 Å². The smallest absolute Gasteiger partial charge is 0.388 e. The average molecular weight is 435 g/mol. The topological polar surface area (TPSA) is 138 Å². The second-order valence-corrected chi connectivity index (χ2v) is 8.00. The minimum Gasteiger partial charge on any atom is -0.388 e. The Morgan fingerprint density at radius 3 is 2.57 bits per heavy atom. The molecule has 0 aliphatic carbocycles. The van der Waals surface area contributed by atoms with Crippen molar-refractivity contribution in [3.63, 3.8) is 0 Å². The molecule has 0 radical (unpaired) electrons. The van der Waals surface area contributed by atoms with Crippen LogP contribution in [0.25, 0.3) is 11.5 Å². The van der Waals surface area contributed by atoms with Gasteiger partial charge in [-0.2, -0.15) is 9.78 Å². The summed E-state index contributed by atoms with van der Waals surface area (Å²) in [6.45, 7) is 5.60. The summed E-state index contributed by atoms with van der Waals surface area (Å²) in [7, 11) is 1.70. The minimum absolute atomic E-state index is 0.00774. The largest absolute Gasteiger partial charge is 0.437 e. The van der Waals surface area contributed by atoms with E-state index in [1.165, 1.54) is 16.8 Å². The van der Waals surface area contributed by atoms with Gasteiger partial charge < -0.3 is 9.73 Å². The highest BCUT2D eigenvalue weighted by atomic mass is 35.5.